The van der Waals surface area contributed by atoms with Crippen molar-refractivity contribution >= 4 is 11.7 Å². The maximum atomic E-state index is 11.3. The van der Waals surface area contributed by atoms with E-state index >= 15 is 0 Å². The normalized spacial score (nSPS) is 10.1. The highest BCUT2D eigenvalue weighted by Gasteiger charge is 2.08. The van der Waals surface area contributed by atoms with Crippen molar-refractivity contribution in [2.45, 2.75) is 0 Å². The molecule has 0 spiro atoms. The first-order valence-corrected chi connectivity index (χ1v) is 4.83. The van der Waals surface area contributed by atoms with Gasteiger partial charge in [0.25, 0.3) is 0 Å². The minimum atomic E-state index is -0.384. The number of rotatable bonds is 2. The Bertz CT molecular complexity index is 504. The summed E-state index contributed by atoms with van der Waals surface area (Å²) in [5, 5.41) is 0. The Morgan fingerprint density at radius 2 is 2.00 bits per heavy atom. The predicted molar refractivity (Wildman–Crippen MR) is 61.5 cm³/mol. The van der Waals surface area contributed by atoms with Crippen molar-refractivity contribution < 1.29 is 9.53 Å². The Kier molecular flexibility index (Phi) is 2.64. The van der Waals surface area contributed by atoms with Crippen LogP contribution in [0, 0.1) is 0 Å². The molecule has 4 nitrogen and oxygen atoms in total. The summed E-state index contributed by atoms with van der Waals surface area (Å²) in [6.45, 7) is 0. The molecule has 0 bridgehead atoms. The zero-order chi connectivity index (χ0) is 11.5. The molecule has 2 N–H and O–H groups in total. The number of carbonyl (C=O) groups excluding carboxylic acids is 1. The van der Waals surface area contributed by atoms with Gasteiger partial charge in [-0.1, -0.05) is 0 Å². The number of anilines is 1. The molecule has 4 heteroatoms. The summed E-state index contributed by atoms with van der Waals surface area (Å²) in [4.78, 5) is 11.3. The van der Waals surface area contributed by atoms with Crippen molar-refractivity contribution in [1.82, 2.24) is 4.57 Å². The molecule has 0 aliphatic rings. The standard InChI is InChI=1S/C12H12N2O2/c1-16-12(15)9-4-5-11(10(13)8-9)14-6-2-3-7-14/h2-8H,13H2,1H3. The molecule has 82 valence electrons. The second-order valence-electron chi connectivity index (χ2n) is 3.36. The summed E-state index contributed by atoms with van der Waals surface area (Å²) in [6.07, 6.45) is 3.78. The number of methoxy groups -OCH3 is 1. The van der Waals surface area contributed by atoms with Crippen molar-refractivity contribution in [3.63, 3.8) is 0 Å². The molecule has 16 heavy (non-hydrogen) atoms. The average Bonchev–Trinajstić information content (AvgIpc) is 2.81. The fourth-order valence-electron chi connectivity index (χ4n) is 1.53. The van der Waals surface area contributed by atoms with Crippen LogP contribution in [0.1, 0.15) is 10.4 Å². The number of nitrogens with zero attached hydrogens (tertiary/aromatic N) is 1. The van der Waals surface area contributed by atoms with E-state index in [4.69, 9.17) is 5.73 Å². The molecule has 0 saturated heterocycles. The van der Waals surface area contributed by atoms with Gasteiger partial charge in [0.05, 0.1) is 24.0 Å². The summed E-state index contributed by atoms with van der Waals surface area (Å²) in [5.41, 5.74) is 7.72. The van der Waals surface area contributed by atoms with E-state index in [-0.39, 0.29) is 5.97 Å². The molecule has 0 atom stereocenters. The van der Waals surface area contributed by atoms with Crippen LogP contribution in [0.5, 0.6) is 0 Å². The van der Waals surface area contributed by atoms with E-state index in [1.54, 1.807) is 18.2 Å². The van der Waals surface area contributed by atoms with Crippen LogP contribution in [-0.4, -0.2) is 17.6 Å². The summed E-state index contributed by atoms with van der Waals surface area (Å²) >= 11 is 0. The SMILES string of the molecule is COC(=O)c1ccc(-n2cccc2)c(N)c1. The van der Waals surface area contributed by atoms with Crippen molar-refractivity contribution in [1.29, 1.82) is 0 Å². The topological polar surface area (TPSA) is 57.2 Å². The molecular formula is C12H12N2O2. The third kappa shape index (κ3) is 1.77. The molecule has 1 aromatic carbocycles. The van der Waals surface area contributed by atoms with Gasteiger partial charge in [-0.15, -0.1) is 0 Å². The molecule has 0 fully saturated rings. The maximum Gasteiger partial charge on any atom is 0.337 e. The van der Waals surface area contributed by atoms with Crippen LogP contribution in [-0.2, 0) is 4.74 Å². The van der Waals surface area contributed by atoms with Gasteiger partial charge in [0.15, 0.2) is 0 Å². The number of hydrogen-bond acceptors (Lipinski definition) is 3. The lowest BCUT2D eigenvalue weighted by molar-refractivity contribution is 0.0601. The van der Waals surface area contributed by atoms with Crippen molar-refractivity contribution in [3.8, 4) is 5.69 Å². The highest BCUT2D eigenvalue weighted by Crippen LogP contribution is 2.19. The van der Waals surface area contributed by atoms with E-state index < -0.39 is 0 Å². The molecular weight excluding hydrogens is 204 g/mol. The third-order valence-electron chi connectivity index (χ3n) is 2.33. The molecule has 1 aromatic heterocycles. The summed E-state index contributed by atoms with van der Waals surface area (Å²) in [6, 6.07) is 8.92. The minimum absolute atomic E-state index is 0.384. The lowest BCUT2D eigenvalue weighted by Gasteiger charge is -2.08. The Morgan fingerprint density at radius 1 is 1.31 bits per heavy atom. The highest BCUT2D eigenvalue weighted by molar-refractivity contribution is 5.91. The molecule has 2 rings (SSSR count). The Labute approximate surface area is 93.3 Å². The lowest BCUT2D eigenvalue weighted by Crippen LogP contribution is -2.04. The number of aromatic nitrogens is 1. The van der Waals surface area contributed by atoms with Gasteiger partial charge in [-0.3, -0.25) is 0 Å². The van der Waals surface area contributed by atoms with E-state index in [0.717, 1.165) is 5.69 Å². The van der Waals surface area contributed by atoms with Crippen LogP contribution in [0.4, 0.5) is 5.69 Å². The van der Waals surface area contributed by atoms with Crippen LogP contribution < -0.4 is 5.73 Å². The summed E-state index contributed by atoms with van der Waals surface area (Å²) in [5.74, 6) is -0.384. The number of ether oxygens (including phenoxy) is 1. The van der Waals surface area contributed by atoms with Crippen LogP contribution in [0.3, 0.4) is 0 Å². The van der Waals surface area contributed by atoms with Crippen molar-refractivity contribution in [3.05, 3.63) is 48.3 Å². The van der Waals surface area contributed by atoms with E-state index in [1.165, 1.54) is 7.11 Å². The van der Waals surface area contributed by atoms with Crippen LogP contribution in [0.15, 0.2) is 42.7 Å². The Balaban J connectivity index is 2.41. The first kappa shape index (κ1) is 10.3. The zero-order valence-electron chi connectivity index (χ0n) is 8.88. The lowest BCUT2D eigenvalue weighted by atomic mass is 10.1. The van der Waals surface area contributed by atoms with E-state index in [0.29, 0.717) is 11.3 Å². The number of benzene rings is 1. The van der Waals surface area contributed by atoms with Gasteiger partial charge < -0.3 is 15.0 Å². The zero-order valence-corrected chi connectivity index (χ0v) is 8.88. The van der Waals surface area contributed by atoms with Gasteiger partial charge in [-0.25, -0.2) is 4.79 Å². The van der Waals surface area contributed by atoms with Gasteiger partial charge in [-0.05, 0) is 30.3 Å². The second kappa shape index (κ2) is 4.10. The van der Waals surface area contributed by atoms with E-state index in [2.05, 4.69) is 4.74 Å². The first-order chi connectivity index (χ1) is 7.72. The molecule has 1 heterocycles. The molecule has 2 aromatic rings. The molecule has 0 aliphatic heterocycles. The molecule has 0 amide bonds. The molecule has 0 aliphatic carbocycles. The quantitative estimate of drug-likeness (QED) is 0.615. The van der Waals surface area contributed by atoms with E-state index in [9.17, 15) is 4.79 Å². The smallest absolute Gasteiger partial charge is 0.337 e. The number of nitrogens with two attached hydrogens (primary N) is 1. The van der Waals surface area contributed by atoms with Gasteiger partial charge in [0.2, 0.25) is 0 Å². The van der Waals surface area contributed by atoms with Crippen LogP contribution in [0.2, 0.25) is 0 Å². The molecule has 0 radical (unpaired) electrons. The Morgan fingerprint density at radius 3 is 2.56 bits per heavy atom. The van der Waals surface area contributed by atoms with Crippen LogP contribution >= 0.6 is 0 Å². The van der Waals surface area contributed by atoms with E-state index in [1.807, 2.05) is 29.1 Å². The monoisotopic (exact) mass is 216 g/mol. The minimum Gasteiger partial charge on any atom is -0.465 e. The van der Waals surface area contributed by atoms with Crippen LogP contribution in [0.25, 0.3) is 5.69 Å². The van der Waals surface area contributed by atoms with Gasteiger partial charge in [0.1, 0.15) is 0 Å². The largest absolute Gasteiger partial charge is 0.465 e. The number of hydrogen-bond donors (Lipinski definition) is 1. The number of esters is 1. The fraction of sp³-hybridized carbons (Fsp3) is 0.0833. The van der Waals surface area contributed by atoms with Gasteiger partial charge >= 0.3 is 5.97 Å². The highest BCUT2D eigenvalue weighted by atomic mass is 16.5. The second-order valence-corrected chi connectivity index (χ2v) is 3.36. The van der Waals surface area contributed by atoms with Gasteiger partial charge in [-0.2, -0.15) is 0 Å². The van der Waals surface area contributed by atoms with Crippen molar-refractivity contribution in [2.75, 3.05) is 12.8 Å². The maximum absolute atomic E-state index is 11.3. The summed E-state index contributed by atoms with van der Waals surface area (Å²) in [7, 11) is 1.35. The first-order valence-electron chi connectivity index (χ1n) is 4.83. The molecule has 0 saturated carbocycles. The van der Waals surface area contributed by atoms with Gasteiger partial charge in [0, 0.05) is 12.4 Å². The number of nitrogen functional groups attached to an aromatic ring is 1. The predicted octanol–water partition coefficient (Wildman–Crippen LogP) is 1.85. The summed E-state index contributed by atoms with van der Waals surface area (Å²) < 4.78 is 6.51. The fourth-order valence-corrected chi connectivity index (χ4v) is 1.53. The average molecular weight is 216 g/mol. The van der Waals surface area contributed by atoms with Crippen molar-refractivity contribution in [2.24, 2.45) is 0 Å². The third-order valence-corrected chi connectivity index (χ3v) is 2.33. The molecule has 0 unspecified atom stereocenters. The Hall–Kier alpha value is -2.23. The number of carbonyl (C=O) groups is 1.